The van der Waals surface area contributed by atoms with E-state index >= 15 is 0 Å². The van der Waals surface area contributed by atoms with Gasteiger partial charge in [-0.25, -0.2) is 0 Å². The second-order valence-corrected chi connectivity index (χ2v) is 7.83. The van der Waals surface area contributed by atoms with E-state index in [0.717, 1.165) is 12.8 Å². The molecule has 0 saturated heterocycles. The molecule has 28 heavy (non-hydrogen) atoms. The molecule has 2 unspecified atom stereocenters. The SMILES string of the molecule is CCCCCCCCCCCCCCCCOC(C(C)=O)C(CO)OC(C)=O. The summed E-state index contributed by atoms with van der Waals surface area (Å²) in [6.07, 6.45) is 16.2. The molecular formula is C23H44O5. The molecule has 5 heteroatoms. The number of ketones is 1. The first-order chi connectivity index (χ1) is 13.5. The first-order valence-electron chi connectivity index (χ1n) is 11.4. The van der Waals surface area contributed by atoms with Gasteiger partial charge in [-0.1, -0.05) is 90.4 Å². The third-order valence-corrected chi connectivity index (χ3v) is 5.03. The van der Waals surface area contributed by atoms with Gasteiger partial charge in [-0.15, -0.1) is 0 Å². The maximum Gasteiger partial charge on any atom is 0.303 e. The summed E-state index contributed by atoms with van der Waals surface area (Å²) < 4.78 is 10.5. The zero-order valence-electron chi connectivity index (χ0n) is 18.5. The summed E-state index contributed by atoms with van der Waals surface area (Å²) in [6, 6.07) is 0. The average molecular weight is 401 g/mol. The number of ether oxygens (including phenoxy) is 2. The summed E-state index contributed by atoms with van der Waals surface area (Å²) in [6.45, 7) is 4.94. The maximum absolute atomic E-state index is 11.7. The number of aliphatic hydroxyl groups excluding tert-OH is 1. The number of carbonyl (C=O) groups is 2. The van der Waals surface area contributed by atoms with Crippen LogP contribution in [0.25, 0.3) is 0 Å². The summed E-state index contributed by atoms with van der Waals surface area (Å²) >= 11 is 0. The Labute approximate surface area is 172 Å². The molecule has 166 valence electrons. The van der Waals surface area contributed by atoms with E-state index in [4.69, 9.17) is 9.47 Å². The number of esters is 1. The van der Waals surface area contributed by atoms with Gasteiger partial charge in [0.15, 0.2) is 18.0 Å². The van der Waals surface area contributed by atoms with Gasteiger partial charge in [0.2, 0.25) is 0 Å². The molecule has 0 saturated carbocycles. The van der Waals surface area contributed by atoms with Gasteiger partial charge in [0.25, 0.3) is 0 Å². The molecule has 0 heterocycles. The van der Waals surface area contributed by atoms with Crippen molar-refractivity contribution < 1.29 is 24.2 Å². The van der Waals surface area contributed by atoms with Crippen LogP contribution >= 0.6 is 0 Å². The lowest BCUT2D eigenvalue weighted by molar-refractivity contribution is -0.162. The molecule has 0 aliphatic heterocycles. The zero-order valence-corrected chi connectivity index (χ0v) is 18.5. The Morgan fingerprint density at radius 2 is 1.18 bits per heavy atom. The smallest absolute Gasteiger partial charge is 0.303 e. The van der Waals surface area contributed by atoms with E-state index in [9.17, 15) is 14.7 Å². The average Bonchev–Trinajstić information content (AvgIpc) is 2.65. The number of aliphatic hydroxyl groups is 1. The summed E-state index contributed by atoms with van der Waals surface area (Å²) in [5.41, 5.74) is 0. The van der Waals surface area contributed by atoms with Crippen LogP contribution in [0.15, 0.2) is 0 Å². The van der Waals surface area contributed by atoms with Crippen LogP contribution in [0.4, 0.5) is 0 Å². The monoisotopic (exact) mass is 400 g/mol. The maximum atomic E-state index is 11.7. The van der Waals surface area contributed by atoms with E-state index in [1.54, 1.807) is 0 Å². The van der Waals surface area contributed by atoms with Crippen LogP contribution < -0.4 is 0 Å². The molecule has 0 bridgehead atoms. The van der Waals surface area contributed by atoms with Crippen molar-refractivity contribution in [3.63, 3.8) is 0 Å². The molecule has 0 radical (unpaired) electrons. The van der Waals surface area contributed by atoms with Gasteiger partial charge >= 0.3 is 5.97 Å². The van der Waals surface area contributed by atoms with Crippen LogP contribution in [-0.4, -0.2) is 42.3 Å². The first-order valence-corrected chi connectivity index (χ1v) is 11.4. The fourth-order valence-corrected chi connectivity index (χ4v) is 3.40. The van der Waals surface area contributed by atoms with E-state index in [1.165, 1.54) is 90.9 Å². The third kappa shape index (κ3) is 16.1. The van der Waals surface area contributed by atoms with Crippen molar-refractivity contribution in [1.29, 1.82) is 0 Å². The van der Waals surface area contributed by atoms with Gasteiger partial charge in [0.1, 0.15) is 0 Å². The van der Waals surface area contributed by atoms with Crippen molar-refractivity contribution >= 4 is 11.8 Å². The van der Waals surface area contributed by atoms with Crippen LogP contribution in [0.5, 0.6) is 0 Å². The minimum absolute atomic E-state index is 0.231. The van der Waals surface area contributed by atoms with Gasteiger partial charge in [0.05, 0.1) is 6.61 Å². The van der Waals surface area contributed by atoms with Gasteiger partial charge in [-0.2, -0.15) is 0 Å². The largest absolute Gasteiger partial charge is 0.457 e. The van der Waals surface area contributed by atoms with E-state index in [-0.39, 0.29) is 5.78 Å². The van der Waals surface area contributed by atoms with E-state index in [0.29, 0.717) is 6.61 Å². The summed E-state index contributed by atoms with van der Waals surface area (Å²) in [7, 11) is 0. The Balaban J connectivity index is 3.56. The molecule has 2 atom stereocenters. The summed E-state index contributed by atoms with van der Waals surface area (Å²) in [5.74, 6) is -0.754. The van der Waals surface area contributed by atoms with Crippen LogP contribution in [0, 0.1) is 0 Å². The third-order valence-electron chi connectivity index (χ3n) is 5.03. The van der Waals surface area contributed by atoms with E-state index < -0.39 is 24.8 Å². The highest BCUT2D eigenvalue weighted by molar-refractivity contribution is 5.81. The van der Waals surface area contributed by atoms with Crippen LogP contribution in [0.3, 0.4) is 0 Å². The van der Waals surface area contributed by atoms with Crippen molar-refractivity contribution in [3.05, 3.63) is 0 Å². The van der Waals surface area contributed by atoms with Gasteiger partial charge in [-0.05, 0) is 13.3 Å². The second-order valence-electron chi connectivity index (χ2n) is 7.83. The number of rotatable bonds is 20. The topological polar surface area (TPSA) is 72.8 Å². The van der Waals surface area contributed by atoms with Crippen molar-refractivity contribution in [1.82, 2.24) is 0 Å². The lowest BCUT2D eigenvalue weighted by Gasteiger charge is -2.23. The van der Waals surface area contributed by atoms with Crippen LogP contribution in [-0.2, 0) is 19.1 Å². The zero-order chi connectivity index (χ0) is 21.0. The van der Waals surface area contributed by atoms with Crippen molar-refractivity contribution in [2.45, 2.75) is 123 Å². The normalized spacial score (nSPS) is 13.3. The Morgan fingerprint density at radius 1 is 0.750 bits per heavy atom. The molecule has 5 nitrogen and oxygen atoms in total. The van der Waals surface area contributed by atoms with Gasteiger partial charge in [0, 0.05) is 13.5 Å². The molecule has 0 spiro atoms. The molecule has 1 N–H and O–H groups in total. The molecule has 0 rings (SSSR count). The highest BCUT2D eigenvalue weighted by atomic mass is 16.6. The predicted octanol–water partition coefficient (Wildman–Crippen LogP) is 5.37. The minimum atomic E-state index is -0.915. The van der Waals surface area contributed by atoms with Gasteiger partial charge < -0.3 is 14.6 Å². The van der Waals surface area contributed by atoms with Crippen molar-refractivity contribution in [3.8, 4) is 0 Å². The fourth-order valence-electron chi connectivity index (χ4n) is 3.40. The van der Waals surface area contributed by atoms with E-state index in [1.807, 2.05) is 0 Å². The highest BCUT2D eigenvalue weighted by Crippen LogP contribution is 2.13. The molecule has 0 aromatic heterocycles. The number of carbonyl (C=O) groups excluding carboxylic acids is 2. The molecule has 0 amide bonds. The lowest BCUT2D eigenvalue weighted by atomic mass is 10.0. The standard InChI is InChI=1S/C23H44O5/c1-4-5-6-7-8-9-10-11-12-13-14-15-16-17-18-27-23(20(2)25)22(19-24)28-21(3)26/h22-24H,4-19H2,1-3H3. The summed E-state index contributed by atoms with van der Waals surface area (Å²) in [5, 5.41) is 9.31. The van der Waals surface area contributed by atoms with Gasteiger partial charge in [-0.3, -0.25) is 9.59 Å². The summed E-state index contributed by atoms with van der Waals surface area (Å²) in [4.78, 5) is 22.7. The Bertz CT molecular complexity index is 383. The Morgan fingerprint density at radius 3 is 1.54 bits per heavy atom. The Kier molecular flexibility index (Phi) is 18.7. The molecular weight excluding hydrogens is 356 g/mol. The molecule has 0 fully saturated rings. The fraction of sp³-hybridized carbons (Fsp3) is 0.913. The lowest BCUT2D eigenvalue weighted by Crippen LogP contribution is -2.41. The number of Topliss-reactive ketones (excluding diaryl/α,β-unsaturated/α-hetero) is 1. The molecule has 0 aliphatic carbocycles. The number of hydrogen-bond acceptors (Lipinski definition) is 5. The quantitative estimate of drug-likeness (QED) is 0.220. The molecule has 0 aromatic rings. The highest BCUT2D eigenvalue weighted by Gasteiger charge is 2.28. The van der Waals surface area contributed by atoms with E-state index in [2.05, 4.69) is 6.92 Å². The minimum Gasteiger partial charge on any atom is -0.457 e. The molecule has 0 aliphatic rings. The number of unbranched alkanes of at least 4 members (excludes halogenated alkanes) is 13. The molecule has 0 aromatic carbocycles. The first kappa shape index (κ1) is 27.1. The predicted molar refractivity (Wildman–Crippen MR) is 113 cm³/mol. The van der Waals surface area contributed by atoms with Crippen LogP contribution in [0.2, 0.25) is 0 Å². The van der Waals surface area contributed by atoms with Crippen molar-refractivity contribution in [2.75, 3.05) is 13.2 Å². The second kappa shape index (κ2) is 19.4. The van der Waals surface area contributed by atoms with Crippen LogP contribution in [0.1, 0.15) is 111 Å². The van der Waals surface area contributed by atoms with Crippen molar-refractivity contribution in [2.24, 2.45) is 0 Å². The Hall–Kier alpha value is -0.940. The number of hydrogen-bond donors (Lipinski definition) is 1.